The Morgan fingerprint density at radius 2 is 1.90 bits per heavy atom. The molecule has 0 aromatic heterocycles. The van der Waals surface area contributed by atoms with E-state index in [4.69, 9.17) is 17.3 Å². The summed E-state index contributed by atoms with van der Waals surface area (Å²) in [5.41, 5.74) is 8.70. The molecule has 0 fully saturated rings. The van der Waals surface area contributed by atoms with Gasteiger partial charge in [-0.3, -0.25) is 4.72 Å². The van der Waals surface area contributed by atoms with Gasteiger partial charge in [0, 0.05) is 6.54 Å². The quantitative estimate of drug-likeness (QED) is 0.907. The maximum absolute atomic E-state index is 12.5. The Labute approximate surface area is 130 Å². The van der Waals surface area contributed by atoms with Crippen molar-refractivity contribution in [3.05, 3.63) is 58.1 Å². The fraction of sp³-hybridized carbons (Fsp3) is 0.200. The van der Waals surface area contributed by atoms with Crippen molar-refractivity contribution >= 4 is 27.3 Å². The van der Waals surface area contributed by atoms with Gasteiger partial charge in [0.1, 0.15) is 4.90 Å². The van der Waals surface area contributed by atoms with Gasteiger partial charge in [0.05, 0.1) is 10.7 Å². The van der Waals surface area contributed by atoms with E-state index in [1.807, 2.05) is 19.9 Å². The van der Waals surface area contributed by atoms with Crippen LogP contribution in [-0.2, 0) is 16.6 Å². The van der Waals surface area contributed by atoms with Gasteiger partial charge in [-0.15, -0.1) is 0 Å². The van der Waals surface area contributed by atoms with Gasteiger partial charge in [-0.05, 0) is 48.7 Å². The maximum atomic E-state index is 12.5. The highest BCUT2D eigenvalue weighted by Crippen LogP contribution is 2.27. The minimum atomic E-state index is -3.75. The lowest BCUT2D eigenvalue weighted by Crippen LogP contribution is -2.15. The van der Waals surface area contributed by atoms with Gasteiger partial charge < -0.3 is 5.73 Å². The van der Waals surface area contributed by atoms with Gasteiger partial charge in [-0.25, -0.2) is 8.42 Å². The summed E-state index contributed by atoms with van der Waals surface area (Å²) in [5.74, 6) is 0. The van der Waals surface area contributed by atoms with Crippen LogP contribution in [0.1, 0.15) is 16.7 Å². The molecule has 0 aliphatic rings. The van der Waals surface area contributed by atoms with Crippen LogP contribution in [0.2, 0.25) is 5.02 Å². The molecule has 0 aliphatic carbocycles. The molecule has 21 heavy (non-hydrogen) atoms. The predicted molar refractivity (Wildman–Crippen MR) is 86.1 cm³/mol. The minimum absolute atomic E-state index is 0.0352. The normalized spacial score (nSPS) is 11.4. The van der Waals surface area contributed by atoms with Gasteiger partial charge in [-0.2, -0.15) is 0 Å². The first-order valence-corrected chi connectivity index (χ1v) is 8.29. The molecule has 0 amide bonds. The van der Waals surface area contributed by atoms with Crippen LogP contribution in [0, 0.1) is 13.8 Å². The summed E-state index contributed by atoms with van der Waals surface area (Å²) in [6.07, 6.45) is 0. The number of rotatable bonds is 4. The molecule has 2 aromatic rings. The second-order valence-electron chi connectivity index (χ2n) is 4.82. The first-order valence-electron chi connectivity index (χ1n) is 6.42. The number of aryl methyl sites for hydroxylation is 1. The highest BCUT2D eigenvalue weighted by atomic mass is 35.5. The zero-order valence-electron chi connectivity index (χ0n) is 11.9. The Balaban J connectivity index is 2.46. The third-order valence-corrected chi connectivity index (χ3v) is 5.22. The van der Waals surface area contributed by atoms with Crippen LogP contribution in [0.4, 0.5) is 5.69 Å². The number of anilines is 1. The van der Waals surface area contributed by atoms with Crippen LogP contribution in [0.5, 0.6) is 0 Å². The third-order valence-electron chi connectivity index (χ3n) is 3.37. The molecule has 0 unspecified atom stereocenters. The number of hydrogen-bond donors (Lipinski definition) is 2. The van der Waals surface area contributed by atoms with Crippen molar-refractivity contribution < 1.29 is 8.42 Å². The summed E-state index contributed by atoms with van der Waals surface area (Å²) in [6.45, 7) is 4.05. The topological polar surface area (TPSA) is 72.2 Å². The van der Waals surface area contributed by atoms with Crippen molar-refractivity contribution in [3.63, 3.8) is 0 Å². The van der Waals surface area contributed by atoms with E-state index in [0.29, 0.717) is 11.3 Å². The first-order chi connectivity index (χ1) is 9.85. The Bertz CT molecular complexity index is 773. The molecule has 0 bridgehead atoms. The van der Waals surface area contributed by atoms with Crippen molar-refractivity contribution in [2.24, 2.45) is 5.73 Å². The van der Waals surface area contributed by atoms with Gasteiger partial charge >= 0.3 is 0 Å². The van der Waals surface area contributed by atoms with E-state index >= 15 is 0 Å². The lowest BCUT2D eigenvalue weighted by molar-refractivity contribution is 0.601. The third kappa shape index (κ3) is 3.37. The molecule has 0 saturated carbocycles. The van der Waals surface area contributed by atoms with E-state index in [1.165, 1.54) is 6.07 Å². The Hall–Kier alpha value is -1.56. The molecular weight excluding hydrogens is 308 g/mol. The van der Waals surface area contributed by atoms with E-state index in [-0.39, 0.29) is 16.5 Å². The smallest absolute Gasteiger partial charge is 0.263 e. The molecule has 0 heterocycles. The van der Waals surface area contributed by atoms with Crippen LogP contribution >= 0.6 is 11.6 Å². The van der Waals surface area contributed by atoms with Crippen molar-refractivity contribution in [3.8, 4) is 0 Å². The average molecular weight is 325 g/mol. The predicted octanol–water partition coefficient (Wildman–Crippen LogP) is 3.22. The van der Waals surface area contributed by atoms with Crippen molar-refractivity contribution in [2.75, 3.05) is 4.72 Å². The second-order valence-corrected chi connectivity index (χ2v) is 6.88. The minimum Gasteiger partial charge on any atom is -0.326 e. The van der Waals surface area contributed by atoms with Crippen molar-refractivity contribution in [1.29, 1.82) is 0 Å². The van der Waals surface area contributed by atoms with E-state index in [1.54, 1.807) is 24.3 Å². The van der Waals surface area contributed by atoms with Gasteiger partial charge in [0.25, 0.3) is 10.0 Å². The fourth-order valence-corrected chi connectivity index (χ4v) is 3.62. The summed E-state index contributed by atoms with van der Waals surface area (Å²) in [5, 5.41) is 0.171. The first kappa shape index (κ1) is 15.8. The van der Waals surface area contributed by atoms with E-state index in [2.05, 4.69) is 4.72 Å². The van der Waals surface area contributed by atoms with Crippen LogP contribution < -0.4 is 10.5 Å². The zero-order chi connectivity index (χ0) is 15.6. The Kier molecular flexibility index (Phi) is 4.56. The Morgan fingerprint density at radius 1 is 1.19 bits per heavy atom. The average Bonchev–Trinajstić information content (AvgIpc) is 2.44. The molecule has 112 valence electrons. The summed E-state index contributed by atoms with van der Waals surface area (Å²) in [7, 11) is -3.75. The molecular formula is C15H17ClN2O2S. The summed E-state index contributed by atoms with van der Waals surface area (Å²) >= 11 is 6.02. The molecule has 2 aromatic carbocycles. The summed E-state index contributed by atoms with van der Waals surface area (Å²) in [6, 6.07) is 10.2. The van der Waals surface area contributed by atoms with Crippen LogP contribution in [-0.4, -0.2) is 8.42 Å². The number of nitrogens with two attached hydrogens (primary N) is 1. The Morgan fingerprint density at radius 3 is 2.57 bits per heavy atom. The van der Waals surface area contributed by atoms with E-state index in [9.17, 15) is 8.42 Å². The molecule has 0 saturated heterocycles. The molecule has 0 spiro atoms. The van der Waals surface area contributed by atoms with Gasteiger partial charge in [0.2, 0.25) is 0 Å². The number of halogens is 1. The van der Waals surface area contributed by atoms with Gasteiger partial charge in [-0.1, -0.05) is 29.8 Å². The molecule has 6 heteroatoms. The number of sulfonamides is 1. The van der Waals surface area contributed by atoms with Crippen LogP contribution in [0.15, 0.2) is 41.3 Å². The standard InChI is InChI=1S/C15H17ClN2O2S/c1-10-4-3-5-14(11(10)2)18-21(19,20)15-8-12(9-17)6-7-13(15)16/h3-8,18H,9,17H2,1-2H3. The highest BCUT2D eigenvalue weighted by molar-refractivity contribution is 7.92. The molecule has 0 atom stereocenters. The summed E-state index contributed by atoms with van der Waals surface area (Å²) < 4.78 is 27.6. The second kappa shape index (κ2) is 6.05. The molecule has 3 N–H and O–H groups in total. The SMILES string of the molecule is Cc1cccc(NS(=O)(=O)c2cc(CN)ccc2Cl)c1C. The highest BCUT2D eigenvalue weighted by Gasteiger charge is 2.19. The number of hydrogen-bond acceptors (Lipinski definition) is 3. The zero-order valence-corrected chi connectivity index (χ0v) is 13.4. The fourth-order valence-electron chi connectivity index (χ4n) is 1.94. The summed E-state index contributed by atoms with van der Waals surface area (Å²) in [4.78, 5) is 0.0352. The maximum Gasteiger partial charge on any atom is 0.263 e. The van der Waals surface area contributed by atoms with Crippen LogP contribution in [0.25, 0.3) is 0 Å². The monoisotopic (exact) mass is 324 g/mol. The largest absolute Gasteiger partial charge is 0.326 e. The van der Waals surface area contributed by atoms with Crippen LogP contribution in [0.3, 0.4) is 0 Å². The van der Waals surface area contributed by atoms with E-state index in [0.717, 1.165) is 11.1 Å². The lowest BCUT2D eigenvalue weighted by Gasteiger charge is -2.13. The van der Waals surface area contributed by atoms with E-state index < -0.39 is 10.0 Å². The number of benzene rings is 2. The van der Waals surface area contributed by atoms with Crippen molar-refractivity contribution in [1.82, 2.24) is 0 Å². The molecule has 4 nitrogen and oxygen atoms in total. The molecule has 0 radical (unpaired) electrons. The number of nitrogens with one attached hydrogen (secondary N) is 1. The van der Waals surface area contributed by atoms with Crippen molar-refractivity contribution in [2.45, 2.75) is 25.3 Å². The molecule has 2 rings (SSSR count). The van der Waals surface area contributed by atoms with Gasteiger partial charge in [0.15, 0.2) is 0 Å². The molecule has 0 aliphatic heterocycles. The lowest BCUT2D eigenvalue weighted by atomic mass is 10.1.